The Morgan fingerprint density at radius 3 is 2.91 bits per heavy atom. The fourth-order valence-corrected chi connectivity index (χ4v) is 3.97. The third-order valence-corrected chi connectivity index (χ3v) is 5.36. The molecule has 0 bridgehead atoms. The van der Waals surface area contributed by atoms with Crippen LogP contribution in [-0.2, 0) is 12.8 Å². The van der Waals surface area contributed by atoms with Crippen LogP contribution in [-0.4, -0.2) is 26.1 Å². The van der Waals surface area contributed by atoms with Gasteiger partial charge in [0.05, 0.1) is 17.0 Å². The van der Waals surface area contributed by atoms with Crippen molar-refractivity contribution in [1.82, 2.24) is 25.5 Å². The second-order valence-corrected chi connectivity index (χ2v) is 7.21. The standard InChI is InChI=1S/C16H23N5OS/c1-4-6-13-11(5-2)9-14(23-13)16(22)17-10(3)15-18-19-20-21(15)12-7-8-12/h9-10,12H,4-8H2,1-3H3,(H,17,22)/t10-/m0/s1. The van der Waals surface area contributed by atoms with Crippen LogP contribution >= 0.6 is 11.3 Å². The zero-order valence-electron chi connectivity index (χ0n) is 13.9. The van der Waals surface area contributed by atoms with E-state index in [1.165, 1.54) is 10.4 Å². The smallest absolute Gasteiger partial charge is 0.261 e. The number of tetrazole rings is 1. The fourth-order valence-electron chi connectivity index (χ4n) is 2.71. The maximum absolute atomic E-state index is 12.6. The Morgan fingerprint density at radius 2 is 2.26 bits per heavy atom. The molecule has 0 aliphatic heterocycles. The number of carbonyl (C=O) groups excluding carboxylic acids is 1. The number of rotatable bonds is 7. The summed E-state index contributed by atoms with van der Waals surface area (Å²) in [5, 5.41) is 14.9. The molecule has 1 saturated carbocycles. The normalized spacial score (nSPS) is 15.6. The van der Waals surface area contributed by atoms with Crippen LogP contribution < -0.4 is 5.32 Å². The Kier molecular flexibility index (Phi) is 4.75. The van der Waals surface area contributed by atoms with Crippen LogP contribution in [0.1, 0.15) is 78.1 Å². The Balaban J connectivity index is 1.72. The van der Waals surface area contributed by atoms with Gasteiger partial charge in [-0.3, -0.25) is 4.79 Å². The lowest BCUT2D eigenvalue weighted by Gasteiger charge is -2.12. The van der Waals surface area contributed by atoms with Gasteiger partial charge in [-0.2, -0.15) is 0 Å². The highest BCUT2D eigenvalue weighted by Crippen LogP contribution is 2.35. The summed E-state index contributed by atoms with van der Waals surface area (Å²) in [6.07, 6.45) is 5.33. The fraction of sp³-hybridized carbons (Fsp3) is 0.625. The molecule has 0 aromatic carbocycles. The SMILES string of the molecule is CCCc1sc(C(=O)N[C@@H](C)c2nnnn2C2CC2)cc1CC. The second-order valence-electron chi connectivity index (χ2n) is 6.07. The van der Waals surface area contributed by atoms with Crippen LogP contribution in [0.25, 0.3) is 0 Å². The molecule has 1 fully saturated rings. The summed E-state index contributed by atoms with van der Waals surface area (Å²) >= 11 is 1.61. The van der Waals surface area contributed by atoms with E-state index in [0.29, 0.717) is 6.04 Å². The van der Waals surface area contributed by atoms with Crippen molar-refractivity contribution in [3.8, 4) is 0 Å². The van der Waals surface area contributed by atoms with E-state index in [1.807, 2.05) is 17.7 Å². The highest BCUT2D eigenvalue weighted by Gasteiger charge is 2.30. The van der Waals surface area contributed by atoms with Gasteiger partial charge in [-0.25, -0.2) is 4.68 Å². The number of aryl methyl sites for hydroxylation is 2. The first-order chi connectivity index (χ1) is 11.1. The minimum absolute atomic E-state index is 0.0371. The van der Waals surface area contributed by atoms with Crippen molar-refractivity contribution in [3.63, 3.8) is 0 Å². The van der Waals surface area contributed by atoms with Crippen molar-refractivity contribution in [2.45, 2.75) is 65.0 Å². The minimum Gasteiger partial charge on any atom is -0.342 e. The van der Waals surface area contributed by atoms with Crippen molar-refractivity contribution in [3.05, 3.63) is 27.2 Å². The first-order valence-electron chi connectivity index (χ1n) is 8.34. The first-order valence-corrected chi connectivity index (χ1v) is 9.15. The van der Waals surface area contributed by atoms with E-state index >= 15 is 0 Å². The Morgan fingerprint density at radius 1 is 1.48 bits per heavy atom. The highest BCUT2D eigenvalue weighted by atomic mass is 32.1. The van der Waals surface area contributed by atoms with Gasteiger partial charge in [-0.05, 0) is 54.7 Å². The van der Waals surface area contributed by atoms with Crippen molar-refractivity contribution in [2.75, 3.05) is 0 Å². The zero-order valence-corrected chi connectivity index (χ0v) is 14.7. The summed E-state index contributed by atoms with van der Waals surface area (Å²) in [5.41, 5.74) is 1.29. The predicted molar refractivity (Wildman–Crippen MR) is 89.7 cm³/mol. The van der Waals surface area contributed by atoms with Crippen LogP contribution in [0, 0.1) is 0 Å². The molecule has 1 aliphatic carbocycles. The molecule has 1 atom stereocenters. The number of aromatic nitrogens is 4. The van der Waals surface area contributed by atoms with E-state index in [-0.39, 0.29) is 11.9 Å². The van der Waals surface area contributed by atoms with Crippen LogP contribution in [0.3, 0.4) is 0 Å². The lowest BCUT2D eigenvalue weighted by molar-refractivity contribution is 0.0941. The van der Waals surface area contributed by atoms with Gasteiger partial charge >= 0.3 is 0 Å². The summed E-state index contributed by atoms with van der Waals surface area (Å²) < 4.78 is 1.85. The molecule has 2 heterocycles. The Bertz CT molecular complexity index is 688. The van der Waals surface area contributed by atoms with Gasteiger partial charge in [0.2, 0.25) is 0 Å². The summed E-state index contributed by atoms with van der Waals surface area (Å²) in [4.78, 5) is 14.7. The van der Waals surface area contributed by atoms with Gasteiger partial charge in [0.15, 0.2) is 5.82 Å². The van der Waals surface area contributed by atoms with Crippen molar-refractivity contribution in [2.24, 2.45) is 0 Å². The summed E-state index contributed by atoms with van der Waals surface area (Å²) in [7, 11) is 0. The van der Waals surface area contributed by atoms with Crippen molar-refractivity contribution in [1.29, 1.82) is 0 Å². The summed E-state index contributed by atoms with van der Waals surface area (Å²) in [6, 6.07) is 2.24. The summed E-state index contributed by atoms with van der Waals surface area (Å²) in [6.45, 7) is 6.23. The van der Waals surface area contributed by atoms with Gasteiger partial charge in [-0.15, -0.1) is 16.4 Å². The van der Waals surface area contributed by atoms with E-state index in [2.05, 4.69) is 34.7 Å². The van der Waals surface area contributed by atoms with Crippen molar-refractivity contribution < 1.29 is 4.79 Å². The molecule has 3 rings (SSSR count). The lowest BCUT2D eigenvalue weighted by atomic mass is 10.1. The van der Waals surface area contributed by atoms with E-state index in [4.69, 9.17) is 0 Å². The van der Waals surface area contributed by atoms with Gasteiger partial charge < -0.3 is 5.32 Å². The molecule has 2 aromatic heterocycles. The molecule has 6 nitrogen and oxygen atoms in total. The number of nitrogens with zero attached hydrogens (tertiary/aromatic N) is 4. The topological polar surface area (TPSA) is 72.7 Å². The molecule has 2 aromatic rings. The van der Waals surface area contributed by atoms with E-state index in [1.54, 1.807) is 11.3 Å². The maximum atomic E-state index is 12.6. The third-order valence-electron chi connectivity index (χ3n) is 4.12. The molecule has 0 radical (unpaired) electrons. The molecular formula is C16H23N5OS. The Labute approximate surface area is 140 Å². The molecule has 0 spiro atoms. The quantitative estimate of drug-likeness (QED) is 0.845. The molecule has 0 unspecified atom stereocenters. The van der Waals surface area contributed by atoms with E-state index in [0.717, 1.165) is 42.8 Å². The zero-order chi connectivity index (χ0) is 16.4. The third kappa shape index (κ3) is 3.44. The number of thiophene rings is 1. The van der Waals surface area contributed by atoms with E-state index < -0.39 is 0 Å². The largest absolute Gasteiger partial charge is 0.342 e. The van der Waals surface area contributed by atoms with E-state index in [9.17, 15) is 4.79 Å². The number of carbonyl (C=O) groups is 1. The van der Waals surface area contributed by atoms with Crippen LogP contribution in [0.2, 0.25) is 0 Å². The average molecular weight is 333 g/mol. The van der Waals surface area contributed by atoms with Gasteiger partial charge in [0.1, 0.15) is 0 Å². The van der Waals surface area contributed by atoms with Crippen LogP contribution in [0.15, 0.2) is 6.07 Å². The minimum atomic E-state index is -0.195. The highest BCUT2D eigenvalue weighted by molar-refractivity contribution is 7.14. The molecule has 124 valence electrons. The molecule has 1 aliphatic rings. The molecule has 1 N–H and O–H groups in total. The maximum Gasteiger partial charge on any atom is 0.261 e. The van der Waals surface area contributed by atoms with Gasteiger partial charge in [-0.1, -0.05) is 20.3 Å². The number of amides is 1. The van der Waals surface area contributed by atoms with Crippen molar-refractivity contribution >= 4 is 17.2 Å². The first kappa shape index (κ1) is 16.1. The molecule has 7 heteroatoms. The molecular weight excluding hydrogens is 310 g/mol. The molecule has 23 heavy (non-hydrogen) atoms. The molecule has 1 amide bonds. The van der Waals surface area contributed by atoms with Gasteiger partial charge in [0.25, 0.3) is 5.91 Å². The predicted octanol–water partition coefficient (Wildman–Crippen LogP) is 3.08. The van der Waals surface area contributed by atoms with Gasteiger partial charge in [0, 0.05) is 4.88 Å². The Hall–Kier alpha value is -1.76. The second kappa shape index (κ2) is 6.78. The average Bonchev–Trinajstić information content (AvgIpc) is 3.11. The number of hydrogen-bond acceptors (Lipinski definition) is 5. The van der Waals surface area contributed by atoms with Crippen LogP contribution in [0.4, 0.5) is 0 Å². The van der Waals surface area contributed by atoms with Crippen LogP contribution in [0.5, 0.6) is 0 Å². The number of hydrogen-bond donors (Lipinski definition) is 1. The lowest BCUT2D eigenvalue weighted by Crippen LogP contribution is -2.28. The number of nitrogens with one attached hydrogen (secondary N) is 1. The molecule has 0 saturated heterocycles. The summed E-state index contributed by atoms with van der Waals surface area (Å²) in [5.74, 6) is 0.701. The monoisotopic (exact) mass is 333 g/mol.